The van der Waals surface area contributed by atoms with Crippen LogP contribution < -0.4 is 10.9 Å². The molecule has 4 aliphatic carbocycles. The first kappa shape index (κ1) is 15.9. The van der Waals surface area contributed by atoms with Crippen molar-refractivity contribution in [2.75, 3.05) is 5.32 Å². The van der Waals surface area contributed by atoms with E-state index in [9.17, 15) is 9.59 Å². The van der Waals surface area contributed by atoms with E-state index in [1.807, 2.05) is 6.07 Å². The fourth-order valence-electron chi connectivity index (χ4n) is 8.77. The lowest BCUT2D eigenvalue weighted by atomic mass is 9.24. The van der Waals surface area contributed by atoms with Crippen molar-refractivity contribution in [2.45, 2.75) is 52.4 Å². The Labute approximate surface area is 158 Å². The van der Waals surface area contributed by atoms with Crippen LogP contribution >= 0.6 is 0 Å². The molecule has 1 spiro atoms. The maximum absolute atomic E-state index is 13.0. The molecule has 4 aliphatic rings. The van der Waals surface area contributed by atoms with E-state index in [0.29, 0.717) is 33.7 Å². The molecule has 0 radical (unpaired) electrons. The molecule has 1 aromatic carbocycles. The number of fused-ring (bicyclic) bond motifs is 2. The number of hydrogen-bond donors (Lipinski definition) is 1. The SMILES string of the molecule is CC12CC3CC4(CC(=O)Nc5cccc6c(=O)occc56)C[C@](C)(C1)C34C2. The van der Waals surface area contributed by atoms with Gasteiger partial charge in [-0.3, -0.25) is 4.79 Å². The van der Waals surface area contributed by atoms with Crippen LogP contribution in [0, 0.1) is 27.6 Å². The number of hydrogen-bond acceptors (Lipinski definition) is 3. The van der Waals surface area contributed by atoms with Crippen molar-refractivity contribution < 1.29 is 9.21 Å². The predicted octanol–water partition coefficient (Wildman–Crippen LogP) is 4.73. The van der Waals surface area contributed by atoms with Crippen LogP contribution in [0.5, 0.6) is 0 Å². The summed E-state index contributed by atoms with van der Waals surface area (Å²) in [5, 5.41) is 4.35. The zero-order chi connectivity index (χ0) is 18.7. The van der Waals surface area contributed by atoms with Gasteiger partial charge in [-0.15, -0.1) is 0 Å². The molecule has 2 bridgehead atoms. The van der Waals surface area contributed by atoms with Gasteiger partial charge in [0.2, 0.25) is 5.91 Å². The van der Waals surface area contributed by atoms with E-state index in [1.165, 1.54) is 38.4 Å². The summed E-state index contributed by atoms with van der Waals surface area (Å²) >= 11 is 0. The van der Waals surface area contributed by atoms with Crippen molar-refractivity contribution in [3.05, 3.63) is 40.9 Å². The molecule has 1 N–H and O–H groups in total. The van der Waals surface area contributed by atoms with Crippen molar-refractivity contribution in [3.63, 3.8) is 0 Å². The third kappa shape index (κ3) is 1.67. The Morgan fingerprint density at radius 2 is 2.00 bits per heavy atom. The smallest absolute Gasteiger partial charge is 0.343 e. The molecule has 0 aliphatic heterocycles. The Hall–Kier alpha value is -2.10. The number of carbonyl (C=O) groups is 1. The molecular weight excluding hydrogens is 338 g/mol. The Balaban J connectivity index is 1.28. The first-order valence-electron chi connectivity index (χ1n) is 10.1. The van der Waals surface area contributed by atoms with Gasteiger partial charge < -0.3 is 9.73 Å². The number of rotatable bonds is 3. The lowest BCUT2D eigenvalue weighted by Gasteiger charge is -2.79. The average molecular weight is 363 g/mol. The molecule has 4 nitrogen and oxygen atoms in total. The molecule has 1 amide bonds. The van der Waals surface area contributed by atoms with Crippen LogP contribution in [0.15, 0.2) is 39.7 Å². The van der Waals surface area contributed by atoms with Gasteiger partial charge in [0.05, 0.1) is 11.6 Å². The minimum absolute atomic E-state index is 0.0890. The van der Waals surface area contributed by atoms with Gasteiger partial charge in [-0.2, -0.15) is 0 Å². The van der Waals surface area contributed by atoms with Crippen LogP contribution in [-0.4, -0.2) is 5.91 Å². The molecule has 140 valence electrons. The summed E-state index contributed by atoms with van der Waals surface area (Å²) in [5.74, 6) is 0.927. The Morgan fingerprint density at radius 3 is 2.78 bits per heavy atom. The van der Waals surface area contributed by atoms with Crippen LogP contribution in [0.1, 0.15) is 52.4 Å². The van der Waals surface area contributed by atoms with Crippen molar-refractivity contribution in [3.8, 4) is 0 Å². The van der Waals surface area contributed by atoms with Crippen LogP contribution in [0.4, 0.5) is 5.69 Å². The number of carbonyl (C=O) groups excluding carboxylic acids is 1. The van der Waals surface area contributed by atoms with E-state index < -0.39 is 0 Å². The van der Waals surface area contributed by atoms with Gasteiger partial charge in [0.1, 0.15) is 0 Å². The van der Waals surface area contributed by atoms with Crippen molar-refractivity contribution >= 4 is 22.4 Å². The van der Waals surface area contributed by atoms with Gasteiger partial charge in [-0.05, 0) is 77.9 Å². The van der Waals surface area contributed by atoms with Crippen molar-refractivity contribution in [1.29, 1.82) is 0 Å². The van der Waals surface area contributed by atoms with Gasteiger partial charge in [0, 0.05) is 17.5 Å². The van der Waals surface area contributed by atoms with E-state index in [0.717, 1.165) is 11.3 Å². The quantitative estimate of drug-likeness (QED) is 0.858. The van der Waals surface area contributed by atoms with E-state index in [2.05, 4.69) is 19.2 Å². The molecule has 6 rings (SSSR count). The molecule has 4 heteroatoms. The zero-order valence-corrected chi connectivity index (χ0v) is 15.9. The highest BCUT2D eigenvalue weighted by Crippen LogP contribution is 2.94. The molecule has 4 fully saturated rings. The Bertz CT molecular complexity index is 1070. The third-order valence-corrected chi connectivity index (χ3v) is 8.86. The lowest BCUT2D eigenvalue weighted by Crippen LogP contribution is -2.73. The minimum atomic E-state index is -0.367. The average Bonchev–Trinajstić information content (AvgIpc) is 2.99. The van der Waals surface area contributed by atoms with Gasteiger partial charge in [-0.25, -0.2) is 4.79 Å². The molecule has 0 saturated heterocycles. The zero-order valence-electron chi connectivity index (χ0n) is 15.9. The first-order chi connectivity index (χ1) is 12.8. The fraction of sp³-hybridized carbons (Fsp3) is 0.565. The van der Waals surface area contributed by atoms with Gasteiger partial charge in [0.25, 0.3) is 0 Å². The monoisotopic (exact) mass is 363 g/mol. The standard InChI is InChI=1S/C23H25NO3/c1-20-8-14-9-22(13-21(2,11-20)23(14,22)12-20)10-18(25)24-17-5-3-4-16-15(17)6-7-27-19(16)26/h3-7,14H,8-13H2,1-2H3,(H,24,25)/t14?,20?,21-,22?,23?/m0/s1. The summed E-state index contributed by atoms with van der Waals surface area (Å²) in [5.41, 5.74) is 1.95. The molecule has 4 saturated carbocycles. The number of amides is 1. The Morgan fingerprint density at radius 1 is 1.15 bits per heavy atom. The molecule has 4 unspecified atom stereocenters. The summed E-state index contributed by atoms with van der Waals surface area (Å²) in [7, 11) is 0. The molecule has 2 aromatic rings. The maximum atomic E-state index is 13.0. The van der Waals surface area contributed by atoms with E-state index in [-0.39, 0.29) is 16.9 Å². The van der Waals surface area contributed by atoms with Crippen molar-refractivity contribution in [1.82, 2.24) is 0 Å². The van der Waals surface area contributed by atoms with Crippen LogP contribution in [0.3, 0.4) is 0 Å². The molecule has 27 heavy (non-hydrogen) atoms. The second-order valence-corrected chi connectivity index (χ2v) is 10.5. The number of nitrogens with one attached hydrogen (secondary N) is 1. The van der Waals surface area contributed by atoms with E-state index in [4.69, 9.17) is 4.42 Å². The molecule has 1 aromatic heterocycles. The van der Waals surface area contributed by atoms with E-state index >= 15 is 0 Å². The summed E-state index contributed by atoms with van der Waals surface area (Å²) in [6, 6.07) is 7.15. The normalized spacial score (nSPS) is 43.1. The van der Waals surface area contributed by atoms with E-state index in [1.54, 1.807) is 18.2 Å². The fourth-order valence-corrected chi connectivity index (χ4v) is 8.77. The Kier molecular flexibility index (Phi) is 2.64. The van der Waals surface area contributed by atoms with Crippen LogP contribution in [0.25, 0.3) is 10.8 Å². The minimum Gasteiger partial charge on any atom is -0.431 e. The highest BCUT2D eigenvalue weighted by molar-refractivity contribution is 6.01. The largest absolute Gasteiger partial charge is 0.431 e. The highest BCUT2D eigenvalue weighted by Gasteiger charge is 2.87. The summed E-state index contributed by atoms with van der Waals surface area (Å²) in [6.45, 7) is 4.94. The van der Waals surface area contributed by atoms with Crippen LogP contribution in [-0.2, 0) is 4.79 Å². The second-order valence-electron chi connectivity index (χ2n) is 10.5. The predicted molar refractivity (Wildman–Crippen MR) is 103 cm³/mol. The third-order valence-electron chi connectivity index (χ3n) is 8.86. The van der Waals surface area contributed by atoms with Crippen molar-refractivity contribution in [2.24, 2.45) is 27.6 Å². The maximum Gasteiger partial charge on any atom is 0.343 e. The van der Waals surface area contributed by atoms with Gasteiger partial charge >= 0.3 is 5.63 Å². The lowest BCUT2D eigenvalue weighted by molar-refractivity contribution is -0.310. The first-order valence-corrected chi connectivity index (χ1v) is 10.1. The summed E-state index contributed by atoms with van der Waals surface area (Å²) in [4.78, 5) is 24.9. The second kappa shape index (κ2) is 4.48. The van der Waals surface area contributed by atoms with Gasteiger partial charge in [0.15, 0.2) is 0 Å². The van der Waals surface area contributed by atoms with Gasteiger partial charge in [-0.1, -0.05) is 19.9 Å². The number of benzene rings is 1. The van der Waals surface area contributed by atoms with Crippen LogP contribution in [0.2, 0.25) is 0 Å². The molecule has 1 heterocycles. The summed E-state index contributed by atoms with van der Waals surface area (Å²) in [6.07, 6.45) is 8.48. The summed E-state index contributed by atoms with van der Waals surface area (Å²) < 4.78 is 4.95. The molecular formula is C23H25NO3. The molecule has 5 atom stereocenters. The highest BCUT2D eigenvalue weighted by atomic mass is 16.4. The topological polar surface area (TPSA) is 59.3 Å². The number of anilines is 1.